The molecule has 1 atom stereocenters. The second kappa shape index (κ2) is 11.4. The van der Waals surface area contributed by atoms with Crippen LogP contribution in [0.2, 0.25) is 0 Å². The zero-order chi connectivity index (χ0) is 22.8. The normalized spacial score (nSPS) is 12.6. The molecule has 0 fully saturated rings. The fourth-order valence-electron chi connectivity index (χ4n) is 4.10. The lowest BCUT2D eigenvalue weighted by molar-refractivity contribution is 0.339. The van der Waals surface area contributed by atoms with Crippen LogP contribution in [-0.2, 0) is 11.8 Å². The molecule has 0 heterocycles. The summed E-state index contributed by atoms with van der Waals surface area (Å²) in [5.74, 6) is 4.46. The highest BCUT2D eigenvalue weighted by atomic mass is 19.1. The number of benzene rings is 3. The molecule has 0 aliphatic heterocycles. The van der Waals surface area contributed by atoms with E-state index in [1.165, 1.54) is 6.07 Å². The van der Waals surface area contributed by atoms with Crippen LogP contribution in [0.5, 0.6) is 17.2 Å². The summed E-state index contributed by atoms with van der Waals surface area (Å²) in [6.07, 6.45) is 10.6. The lowest BCUT2D eigenvalue weighted by Gasteiger charge is -2.29. The van der Waals surface area contributed by atoms with Crippen molar-refractivity contribution in [1.82, 2.24) is 0 Å². The molecule has 0 N–H and O–H groups in total. The zero-order valence-corrected chi connectivity index (χ0v) is 18.9. The van der Waals surface area contributed by atoms with Crippen LogP contribution in [0.15, 0.2) is 72.8 Å². The minimum Gasteiger partial charge on any atom is -0.494 e. The van der Waals surface area contributed by atoms with E-state index in [0.717, 1.165) is 49.0 Å². The largest absolute Gasteiger partial charge is 0.494 e. The number of ether oxygens (including phenoxy) is 2. The molecule has 0 aromatic heterocycles. The Kier molecular flexibility index (Phi) is 8.34. The predicted molar refractivity (Wildman–Crippen MR) is 129 cm³/mol. The molecule has 0 spiro atoms. The van der Waals surface area contributed by atoms with Crippen molar-refractivity contribution >= 4 is 0 Å². The van der Waals surface area contributed by atoms with E-state index < -0.39 is 0 Å². The molecule has 3 aromatic rings. The van der Waals surface area contributed by atoms with Crippen molar-refractivity contribution in [3.05, 3.63) is 89.7 Å². The van der Waals surface area contributed by atoms with Gasteiger partial charge in [-0.3, -0.25) is 0 Å². The zero-order valence-electron chi connectivity index (χ0n) is 18.9. The highest BCUT2D eigenvalue weighted by molar-refractivity contribution is 5.39. The van der Waals surface area contributed by atoms with E-state index in [1.807, 2.05) is 55.5 Å². The van der Waals surface area contributed by atoms with Crippen molar-refractivity contribution in [2.75, 3.05) is 6.61 Å². The first-order valence-corrected chi connectivity index (χ1v) is 11.3. The SMILES string of the molecule is C#CC(CCC)(CCCc1ccc(F)c(Oc2ccccc2)c1)c1ccc(OCC)cc1. The third-order valence-corrected chi connectivity index (χ3v) is 5.71. The molecular weight excluding hydrogens is 399 g/mol. The molecule has 32 heavy (non-hydrogen) atoms. The maximum Gasteiger partial charge on any atom is 0.165 e. The van der Waals surface area contributed by atoms with Gasteiger partial charge in [0.2, 0.25) is 0 Å². The number of halogens is 1. The van der Waals surface area contributed by atoms with E-state index >= 15 is 0 Å². The number of hydrogen-bond donors (Lipinski definition) is 0. The van der Waals surface area contributed by atoms with Gasteiger partial charge in [-0.15, -0.1) is 6.42 Å². The Morgan fingerprint density at radius 2 is 1.66 bits per heavy atom. The molecule has 0 amide bonds. The van der Waals surface area contributed by atoms with Crippen molar-refractivity contribution < 1.29 is 13.9 Å². The lowest BCUT2D eigenvalue weighted by Crippen LogP contribution is -2.24. The van der Waals surface area contributed by atoms with Crippen molar-refractivity contribution in [2.45, 2.75) is 51.4 Å². The van der Waals surface area contributed by atoms with Gasteiger partial charge < -0.3 is 9.47 Å². The van der Waals surface area contributed by atoms with E-state index in [0.29, 0.717) is 12.4 Å². The fraction of sp³-hybridized carbons (Fsp3) is 0.310. The van der Waals surface area contributed by atoms with Crippen LogP contribution in [0.4, 0.5) is 4.39 Å². The number of rotatable bonds is 11. The second-order valence-electron chi connectivity index (χ2n) is 7.97. The summed E-state index contributed by atoms with van der Waals surface area (Å²) >= 11 is 0. The predicted octanol–water partition coefficient (Wildman–Crippen LogP) is 7.71. The average molecular weight is 431 g/mol. The van der Waals surface area contributed by atoms with Gasteiger partial charge in [0.1, 0.15) is 11.5 Å². The van der Waals surface area contributed by atoms with Gasteiger partial charge in [0.05, 0.1) is 12.0 Å². The lowest BCUT2D eigenvalue weighted by atomic mass is 9.73. The number of terminal acetylenes is 1. The van der Waals surface area contributed by atoms with E-state index in [1.54, 1.807) is 6.07 Å². The Bertz CT molecular complexity index is 1020. The number of para-hydroxylation sites is 1. The van der Waals surface area contributed by atoms with Crippen LogP contribution in [-0.4, -0.2) is 6.61 Å². The van der Waals surface area contributed by atoms with Gasteiger partial charge in [0.15, 0.2) is 11.6 Å². The molecule has 0 aliphatic rings. The summed E-state index contributed by atoms with van der Waals surface area (Å²) in [4.78, 5) is 0. The van der Waals surface area contributed by atoms with Gasteiger partial charge in [-0.05, 0) is 80.1 Å². The molecule has 166 valence electrons. The number of aryl methyl sites for hydroxylation is 1. The van der Waals surface area contributed by atoms with Crippen LogP contribution in [0.25, 0.3) is 0 Å². The van der Waals surface area contributed by atoms with Gasteiger partial charge in [0.25, 0.3) is 0 Å². The minimum absolute atomic E-state index is 0.247. The molecule has 0 radical (unpaired) electrons. The van der Waals surface area contributed by atoms with Gasteiger partial charge >= 0.3 is 0 Å². The summed E-state index contributed by atoms with van der Waals surface area (Å²) in [5, 5.41) is 0. The summed E-state index contributed by atoms with van der Waals surface area (Å²) in [6.45, 7) is 4.78. The molecule has 2 nitrogen and oxygen atoms in total. The first-order valence-electron chi connectivity index (χ1n) is 11.3. The van der Waals surface area contributed by atoms with Gasteiger partial charge in [-0.25, -0.2) is 4.39 Å². The van der Waals surface area contributed by atoms with E-state index in [2.05, 4.69) is 25.0 Å². The molecule has 0 saturated carbocycles. The van der Waals surface area contributed by atoms with Gasteiger partial charge in [-0.1, -0.05) is 55.7 Å². The Labute approximate surface area is 191 Å². The van der Waals surface area contributed by atoms with Crippen LogP contribution >= 0.6 is 0 Å². The second-order valence-corrected chi connectivity index (χ2v) is 7.97. The molecule has 3 heteroatoms. The maximum atomic E-state index is 14.3. The fourth-order valence-corrected chi connectivity index (χ4v) is 4.10. The van der Waals surface area contributed by atoms with Crippen molar-refractivity contribution in [3.63, 3.8) is 0 Å². The van der Waals surface area contributed by atoms with Gasteiger partial charge in [-0.2, -0.15) is 0 Å². The Morgan fingerprint density at radius 1 is 0.906 bits per heavy atom. The number of hydrogen-bond acceptors (Lipinski definition) is 2. The summed E-state index contributed by atoms with van der Waals surface area (Å²) in [5.41, 5.74) is 1.87. The minimum atomic E-state index is -0.365. The smallest absolute Gasteiger partial charge is 0.165 e. The van der Waals surface area contributed by atoms with Gasteiger partial charge in [0, 0.05) is 0 Å². The van der Waals surface area contributed by atoms with Crippen LogP contribution in [0.3, 0.4) is 0 Å². The Hall–Kier alpha value is -3.25. The summed E-state index contributed by atoms with van der Waals surface area (Å²) in [6, 6.07) is 22.5. The quantitative estimate of drug-likeness (QED) is 0.290. The molecule has 0 aliphatic carbocycles. The first kappa shape index (κ1) is 23.4. The molecule has 0 bridgehead atoms. The van der Waals surface area contributed by atoms with E-state index in [9.17, 15) is 4.39 Å². The van der Waals surface area contributed by atoms with Crippen LogP contribution in [0, 0.1) is 18.2 Å². The van der Waals surface area contributed by atoms with Crippen LogP contribution in [0.1, 0.15) is 50.7 Å². The topological polar surface area (TPSA) is 18.5 Å². The maximum absolute atomic E-state index is 14.3. The average Bonchev–Trinajstić information content (AvgIpc) is 2.82. The van der Waals surface area contributed by atoms with E-state index in [4.69, 9.17) is 15.9 Å². The molecule has 3 aromatic carbocycles. The van der Waals surface area contributed by atoms with Crippen molar-refractivity contribution in [1.29, 1.82) is 0 Å². The third-order valence-electron chi connectivity index (χ3n) is 5.71. The van der Waals surface area contributed by atoms with E-state index in [-0.39, 0.29) is 17.0 Å². The third kappa shape index (κ3) is 5.92. The molecule has 1 unspecified atom stereocenters. The van der Waals surface area contributed by atoms with Crippen LogP contribution < -0.4 is 9.47 Å². The summed E-state index contributed by atoms with van der Waals surface area (Å²) < 4.78 is 25.6. The first-order chi connectivity index (χ1) is 15.6. The van der Waals surface area contributed by atoms with Crippen molar-refractivity contribution in [3.8, 4) is 29.6 Å². The molecule has 3 rings (SSSR count). The highest BCUT2D eigenvalue weighted by Gasteiger charge is 2.28. The standard InChI is InChI=1S/C29H31FO2/c1-4-20-29(5-2,24-15-17-25(18-16-24)31-6-3)21-10-11-23-14-19-27(30)28(22-23)32-26-12-8-7-9-13-26/h2,7-9,12-19,22H,4,6,10-11,20-21H2,1,3H3. The molecular formula is C29H31FO2. The Balaban J connectivity index is 1.70. The van der Waals surface area contributed by atoms with Crippen molar-refractivity contribution in [2.24, 2.45) is 0 Å². The monoisotopic (exact) mass is 430 g/mol. The molecule has 0 saturated heterocycles. The highest BCUT2D eigenvalue weighted by Crippen LogP contribution is 2.35. The summed E-state index contributed by atoms with van der Waals surface area (Å²) in [7, 11) is 0. The Morgan fingerprint density at radius 3 is 2.31 bits per heavy atom.